The number of nitrogens with one attached hydrogen (secondary N) is 2. The maximum Gasteiger partial charge on any atom is 0.270 e. The van der Waals surface area contributed by atoms with Crippen LogP contribution in [0.15, 0.2) is 23.6 Å². The van der Waals surface area contributed by atoms with Crippen molar-refractivity contribution in [1.82, 2.24) is 15.6 Å². The second-order valence-corrected chi connectivity index (χ2v) is 7.30. The van der Waals surface area contributed by atoms with E-state index in [1.807, 2.05) is 23.6 Å². The average molecular weight is 359 g/mol. The molecule has 7 heteroatoms. The third-order valence-electron chi connectivity index (χ3n) is 4.48. The fourth-order valence-electron chi connectivity index (χ4n) is 3.21. The number of nitrogens with zero attached hydrogens (tertiary/aromatic N) is 1. The van der Waals surface area contributed by atoms with Gasteiger partial charge in [-0.05, 0) is 44.5 Å². The zero-order valence-electron chi connectivity index (χ0n) is 14.1. The predicted molar refractivity (Wildman–Crippen MR) is 96.5 cm³/mol. The van der Waals surface area contributed by atoms with Crippen LogP contribution in [0.3, 0.4) is 0 Å². The van der Waals surface area contributed by atoms with Crippen LogP contribution in [-0.4, -0.2) is 42.7 Å². The van der Waals surface area contributed by atoms with Gasteiger partial charge in [0.15, 0.2) is 11.5 Å². The van der Waals surface area contributed by atoms with E-state index in [0.717, 1.165) is 41.5 Å². The van der Waals surface area contributed by atoms with E-state index in [-0.39, 0.29) is 11.9 Å². The van der Waals surface area contributed by atoms with Crippen LogP contribution in [0.4, 0.5) is 0 Å². The lowest BCUT2D eigenvalue weighted by atomic mass is 10.0. The number of benzene rings is 1. The molecule has 4 rings (SSSR count). The standard InChI is InChI=1S/C18H21N3O3S/c1-11-8-13(4-5-19-11)20-17(22)14-10-25-18(21-14)12-2-3-15-16(9-12)24-7-6-23-15/h2-3,9-11,13,19H,4-8H2,1H3,(H,20,22). The van der Waals surface area contributed by atoms with Gasteiger partial charge in [-0.3, -0.25) is 4.79 Å². The zero-order chi connectivity index (χ0) is 17.2. The van der Waals surface area contributed by atoms with Gasteiger partial charge in [-0.2, -0.15) is 0 Å². The molecular formula is C18H21N3O3S. The number of hydrogen-bond donors (Lipinski definition) is 2. The Balaban J connectivity index is 1.47. The van der Waals surface area contributed by atoms with Gasteiger partial charge in [0.05, 0.1) is 0 Å². The third kappa shape index (κ3) is 3.62. The highest BCUT2D eigenvalue weighted by Gasteiger charge is 2.22. The molecule has 0 saturated carbocycles. The Bertz CT molecular complexity index is 777. The molecule has 1 saturated heterocycles. The first-order chi connectivity index (χ1) is 12.2. The topological polar surface area (TPSA) is 72.5 Å². The van der Waals surface area contributed by atoms with E-state index in [0.29, 0.717) is 24.9 Å². The molecule has 25 heavy (non-hydrogen) atoms. The summed E-state index contributed by atoms with van der Waals surface area (Å²) in [6.45, 7) is 4.20. The smallest absolute Gasteiger partial charge is 0.270 e. The van der Waals surface area contributed by atoms with Crippen molar-refractivity contribution in [3.05, 3.63) is 29.3 Å². The van der Waals surface area contributed by atoms with Crippen LogP contribution < -0.4 is 20.1 Å². The van der Waals surface area contributed by atoms with Crippen molar-refractivity contribution in [2.75, 3.05) is 19.8 Å². The maximum atomic E-state index is 12.5. The van der Waals surface area contributed by atoms with Crippen molar-refractivity contribution in [3.8, 4) is 22.1 Å². The molecule has 3 heterocycles. The molecule has 1 aromatic carbocycles. The lowest BCUT2D eigenvalue weighted by Crippen LogP contribution is -2.46. The van der Waals surface area contributed by atoms with Crippen molar-refractivity contribution in [2.24, 2.45) is 0 Å². The van der Waals surface area contributed by atoms with Gasteiger partial charge in [-0.15, -0.1) is 11.3 Å². The number of amides is 1. The Morgan fingerprint density at radius 2 is 2.16 bits per heavy atom. The van der Waals surface area contributed by atoms with Crippen molar-refractivity contribution in [3.63, 3.8) is 0 Å². The number of ether oxygens (including phenoxy) is 2. The highest BCUT2D eigenvalue weighted by atomic mass is 32.1. The van der Waals surface area contributed by atoms with Crippen LogP contribution in [0.1, 0.15) is 30.3 Å². The minimum Gasteiger partial charge on any atom is -0.486 e. The van der Waals surface area contributed by atoms with Crippen LogP contribution in [0.2, 0.25) is 0 Å². The monoisotopic (exact) mass is 359 g/mol. The van der Waals surface area contributed by atoms with Gasteiger partial charge in [-0.25, -0.2) is 4.98 Å². The largest absolute Gasteiger partial charge is 0.486 e. The van der Waals surface area contributed by atoms with Crippen LogP contribution in [-0.2, 0) is 0 Å². The van der Waals surface area contributed by atoms with Crippen molar-refractivity contribution < 1.29 is 14.3 Å². The summed E-state index contributed by atoms with van der Waals surface area (Å²) >= 11 is 1.46. The molecule has 2 aliphatic rings. The number of carbonyl (C=O) groups is 1. The summed E-state index contributed by atoms with van der Waals surface area (Å²) in [7, 11) is 0. The molecule has 1 aromatic heterocycles. The Kier molecular flexibility index (Phi) is 4.59. The van der Waals surface area contributed by atoms with E-state index in [2.05, 4.69) is 22.5 Å². The molecule has 2 N–H and O–H groups in total. The molecule has 1 fully saturated rings. The fourth-order valence-corrected chi connectivity index (χ4v) is 4.01. The maximum absolute atomic E-state index is 12.5. The molecule has 0 spiro atoms. The van der Waals surface area contributed by atoms with Crippen LogP contribution in [0.5, 0.6) is 11.5 Å². The van der Waals surface area contributed by atoms with E-state index in [1.54, 1.807) is 0 Å². The summed E-state index contributed by atoms with van der Waals surface area (Å²) in [5.41, 5.74) is 1.41. The highest BCUT2D eigenvalue weighted by molar-refractivity contribution is 7.13. The SMILES string of the molecule is CC1CC(NC(=O)c2csc(-c3ccc4c(c3)OCCO4)n2)CCN1. The van der Waals surface area contributed by atoms with Gasteiger partial charge < -0.3 is 20.1 Å². The quantitative estimate of drug-likeness (QED) is 0.881. The van der Waals surface area contributed by atoms with E-state index in [4.69, 9.17) is 9.47 Å². The predicted octanol–water partition coefficient (Wildman–Crippen LogP) is 2.45. The molecule has 2 unspecified atom stereocenters. The molecule has 0 aliphatic carbocycles. The number of piperidine rings is 1. The summed E-state index contributed by atoms with van der Waals surface area (Å²) in [5, 5.41) is 9.11. The molecule has 2 aliphatic heterocycles. The van der Waals surface area contributed by atoms with E-state index in [1.165, 1.54) is 11.3 Å². The summed E-state index contributed by atoms with van der Waals surface area (Å²) in [6.07, 6.45) is 1.90. The molecular weight excluding hydrogens is 338 g/mol. The molecule has 6 nitrogen and oxygen atoms in total. The minimum absolute atomic E-state index is 0.0980. The van der Waals surface area contributed by atoms with Gasteiger partial charge in [0, 0.05) is 23.0 Å². The van der Waals surface area contributed by atoms with E-state index in [9.17, 15) is 4.79 Å². The van der Waals surface area contributed by atoms with Gasteiger partial charge in [0.2, 0.25) is 0 Å². The van der Waals surface area contributed by atoms with Crippen molar-refractivity contribution >= 4 is 17.2 Å². The zero-order valence-corrected chi connectivity index (χ0v) is 14.9. The van der Waals surface area contributed by atoms with Crippen LogP contribution in [0.25, 0.3) is 10.6 Å². The number of rotatable bonds is 3. The Morgan fingerprint density at radius 1 is 1.32 bits per heavy atom. The average Bonchev–Trinajstić information content (AvgIpc) is 3.12. The molecule has 2 atom stereocenters. The minimum atomic E-state index is -0.0980. The van der Waals surface area contributed by atoms with Gasteiger partial charge in [0.1, 0.15) is 23.9 Å². The van der Waals surface area contributed by atoms with Crippen LogP contribution >= 0.6 is 11.3 Å². The molecule has 0 bridgehead atoms. The van der Waals surface area contributed by atoms with Crippen LogP contribution in [0, 0.1) is 0 Å². The van der Waals surface area contributed by atoms with Gasteiger partial charge in [0.25, 0.3) is 5.91 Å². The fraction of sp³-hybridized carbons (Fsp3) is 0.444. The van der Waals surface area contributed by atoms with Gasteiger partial charge in [-0.1, -0.05) is 0 Å². The Labute approximate surface area is 150 Å². The first kappa shape index (κ1) is 16.4. The molecule has 2 aromatic rings. The lowest BCUT2D eigenvalue weighted by molar-refractivity contribution is 0.0921. The molecule has 1 amide bonds. The number of carbonyl (C=O) groups excluding carboxylic acids is 1. The second kappa shape index (κ2) is 7.01. The molecule has 0 radical (unpaired) electrons. The number of fused-ring (bicyclic) bond motifs is 1. The first-order valence-electron chi connectivity index (χ1n) is 8.59. The number of hydrogen-bond acceptors (Lipinski definition) is 6. The van der Waals surface area contributed by atoms with E-state index < -0.39 is 0 Å². The Hall–Kier alpha value is -2.12. The summed E-state index contributed by atoms with van der Waals surface area (Å²) in [6, 6.07) is 6.40. The molecule has 132 valence electrons. The van der Waals surface area contributed by atoms with Crippen molar-refractivity contribution in [1.29, 1.82) is 0 Å². The van der Waals surface area contributed by atoms with Gasteiger partial charge >= 0.3 is 0 Å². The second-order valence-electron chi connectivity index (χ2n) is 6.45. The number of thiazole rings is 1. The summed E-state index contributed by atoms with van der Waals surface area (Å²) in [5.74, 6) is 1.39. The lowest BCUT2D eigenvalue weighted by Gasteiger charge is -2.28. The Morgan fingerprint density at radius 3 is 3.00 bits per heavy atom. The van der Waals surface area contributed by atoms with E-state index >= 15 is 0 Å². The third-order valence-corrected chi connectivity index (χ3v) is 5.38. The highest BCUT2D eigenvalue weighted by Crippen LogP contribution is 2.35. The normalized spacial score (nSPS) is 22.4. The van der Waals surface area contributed by atoms with Crippen molar-refractivity contribution in [2.45, 2.75) is 31.8 Å². The number of aromatic nitrogens is 1. The first-order valence-corrected chi connectivity index (χ1v) is 9.47. The summed E-state index contributed by atoms with van der Waals surface area (Å²) in [4.78, 5) is 17.0. The summed E-state index contributed by atoms with van der Waals surface area (Å²) < 4.78 is 11.2.